The molecule has 0 bridgehead atoms. The number of hydrogen-bond donors (Lipinski definition) is 0. The van der Waals surface area contributed by atoms with Crippen molar-refractivity contribution in [1.82, 2.24) is 9.13 Å². The highest BCUT2D eigenvalue weighted by atomic mass is 35.5. The van der Waals surface area contributed by atoms with Gasteiger partial charge in [0.1, 0.15) is 5.49 Å². The van der Waals surface area contributed by atoms with Crippen molar-refractivity contribution in [1.29, 1.82) is 0 Å². The van der Waals surface area contributed by atoms with Gasteiger partial charge >= 0.3 is 5.69 Å². The molecular formula is C26H32ClN3O3. The van der Waals surface area contributed by atoms with Crippen LogP contribution in [0.15, 0.2) is 40.1 Å². The number of methoxy groups -OCH3 is 2. The Morgan fingerprint density at radius 1 is 0.909 bits per heavy atom. The molecule has 7 heteroatoms. The largest absolute Gasteiger partial charge is 0.493 e. The number of hydrogen-bond acceptors (Lipinski definition) is 4. The highest BCUT2D eigenvalue weighted by molar-refractivity contribution is 5.85. The van der Waals surface area contributed by atoms with Crippen molar-refractivity contribution >= 4 is 18.1 Å². The van der Waals surface area contributed by atoms with Crippen LogP contribution in [0.5, 0.6) is 11.5 Å². The number of nitrogens with zero attached hydrogens (tertiary/aromatic N) is 3. The minimum Gasteiger partial charge on any atom is -0.493 e. The van der Waals surface area contributed by atoms with Crippen LogP contribution in [0.2, 0.25) is 0 Å². The number of benzene rings is 2. The van der Waals surface area contributed by atoms with E-state index < -0.39 is 0 Å². The molecule has 4 rings (SSSR count). The molecule has 0 saturated heterocycles. The molecular weight excluding hydrogens is 438 g/mol. The third-order valence-corrected chi connectivity index (χ3v) is 6.68. The second-order valence-electron chi connectivity index (χ2n) is 8.78. The van der Waals surface area contributed by atoms with E-state index in [9.17, 15) is 4.79 Å². The van der Waals surface area contributed by atoms with Gasteiger partial charge in [0, 0.05) is 30.6 Å². The zero-order valence-electron chi connectivity index (χ0n) is 20.5. The van der Waals surface area contributed by atoms with Gasteiger partial charge < -0.3 is 9.47 Å². The summed E-state index contributed by atoms with van der Waals surface area (Å²) in [5.74, 6) is 1.47. The van der Waals surface area contributed by atoms with E-state index in [0.717, 1.165) is 33.6 Å². The quantitative estimate of drug-likeness (QED) is 0.534. The van der Waals surface area contributed by atoms with Crippen molar-refractivity contribution < 1.29 is 9.47 Å². The summed E-state index contributed by atoms with van der Waals surface area (Å²) in [6.45, 7) is 10.4. The Bertz CT molecular complexity index is 1330. The van der Waals surface area contributed by atoms with Crippen molar-refractivity contribution in [3.63, 3.8) is 0 Å². The fraction of sp³-hybridized carbons (Fsp3) is 0.385. The number of fused-ring (bicyclic) bond motifs is 3. The van der Waals surface area contributed by atoms with Crippen LogP contribution in [0.4, 0.5) is 5.69 Å². The zero-order chi connectivity index (χ0) is 23.3. The molecule has 0 spiro atoms. The number of aromatic nitrogens is 2. The van der Waals surface area contributed by atoms with E-state index in [1.165, 1.54) is 5.56 Å². The molecule has 0 radical (unpaired) electrons. The first kappa shape index (κ1) is 24.6. The van der Waals surface area contributed by atoms with Crippen LogP contribution in [-0.4, -0.2) is 23.4 Å². The average molecular weight is 470 g/mol. The maximum atomic E-state index is 13.5. The van der Waals surface area contributed by atoms with Gasteiger partial charge in [0.25, 0.3) is 0 Å². The van der Waals surface area contributed by atoms with Crippen LogP contribution in [0.3, 0.4) is 0 Å². The zero-order valence-corrected chi connectivity index (χ0v) is 21.3. The number of halogens is 1. The Morgan fingerprint density at radius 2 is 1.48 bits per heavy atom. The Kier molecular flexibility index (Phi) is 6.80. The van der Waals surface area contributed by atoms with E-state index in [4.69, 9.17) is 14.5 Å². The van der Waals surface area contributed by atoms with E-state index in [-0.39, 0.29) is 30.1 Å². The molecule has 1 aromatic heterocycles. The lowest BCUT2D eigenvalue weighted by atomic mass is 9.85. The molecule has 2 atom stereocenters. The number of rotatable bonds is 3. The lowest BCUT2D eigenvalue weighted by Gasteiger charge is -2.33. The summed E-state index contributed by atoms with van der Waals surface area (Å²) >= 11 is 0. The molecule has 176 valence electrons. The molecule has 0 amide bonds. The van der Waals surface area contributed by atoms with Crippen LogP contribution in [0.25, 0.3) is 11.3 Å². The SMILES string of the molecule is COc1cc2c(cc1OC)C(C)C(C)n1c-2cc(=Nc2c(C)cc(C)cc2C)n(C)c1=O.Cl. The molecule has 33 heavy (non-hydrogen) atoms. The third kappa shape index (κ3) is 3.97. The van der Waals surface area contributed by atoms with Crippen molar-refractivity contribution in [2.45, 2.75) is 46.6 Å². The second-order valence-corrected chi connectivity index (χ2v) is 8.78. The fourth-order valence-corrected chi connectivity index (χ4v) is 4.80. The highest BCUT2D eigenvalue weighted by Crippen LogP contribution is 2.45. The van der Waals surface area contributed by atoms with E-state index in [2.05, 4.69) is 46.8 Å². The van der Waals surface area contributed by atoms with E-state index >= 15 is 0 Å². The summed E-state index contributed by atoms with van der Waals surface area (Å²) in [6, 6.07) is 10.2. The summed E-state index contributed by atoms with van der Waals surface area (Å²) in [4.78, 5) is 18.4. The standard InChI is InChI=1S/C26H31N3O3.ClH/c1-14-9-15(2)25(16(3)10-14)27-24-13-21-20-12-23(32-8)22(31-7)11-19(20)17(4)18(5)29(21)26(30)28(24)6;/h9-13,17-18H,1-8H3;1H. The van der Waals surface area contributed by atoms with Gasteiger partial charge in [0.2, 0.25) is 0 Å². The highest BCUT2D eigenvalue weighted by Gasteiger charge is 2.31. The molecule has 2 aromatic carbocycles. The minimum atomic E-state index is -0.0801. The number of aryl methyl sites for hydroxylation is 3. The predicted octanol–water partition coefficient (Wildman–Crippen LogP) is 5.13. The van der Waals surface area contributed by atoms with Crippen molar-refractivity contribution in [2.75, 3.05) is 14.2 Å². The van der Waals surface area contributed by atoms with E-state index in [1.807, 2.05) is 22.8 Å². The molecule has 1 aliphatic heterocycles. The lowest BCUT2D eigenvalue weighted by molar-refractivity contribution is 0.352. The van der Waals surface area contributed by atoms with E-state index in [0.29, 0.717) is 17.0 Å². The van der Waals surface area contributed by atoms with Gasteiger partial charge in [-0.3, -0.25) is 9.13 Å². The summed E-state index contributed by atoms with van der Waals surface area (Å²) in [6.07, 6.45) is 0. The van der Waals surface area contributed by atoms with Gasteiger partial charge in [0.15, 0.2) is 11.5 Å². The lowest BCUT2D eigenvalue weighted by Crippen LogP contribution is -2.42. The van der Waals surface area contributed by atoms with Crippen molar-refractivity contribution in [3.05, 3.63) is 68.6 Å². The Morgan fingerprint density at radius 3 is 2.06 bits per heavy atom. The minimum absolute atomic E-state index is 0. The third-order valence-electron chi connectivity index (χ3n) is 6.68. The van der Waals surface area contributed by atoms with Gasteiger partial charge in [-0.1, -0.05) is 24.6 Å². The maximum absolute atomic E-state index is 13.5. The first-order valence-electron chi connectivity index (χ1n) is 10.9. The van der Waals surface area contributed by atoms with Crippen molar-refractivity contribution in [3.8, 4) is 22.8 Å². The monoisotopic (exact) mass is 469 g/mol. The Hall–Kier alpha value is -2.99. The van der Waals surface area contributed by atoms with Gasteiger partial charge in [-0.25, -0.2) is 9.79 Å². The summed E-state index contributed by atoms with van der Waals surface area (Å²) < 4.78 is 14.6. The predicted molar refractivity (Wildman–Crippen MR) is 134 cm³/mol. The molecule has 0 fully saturated rings. The molecule has 0 N–H and O–H groups in total. The van der Waals surface area contributed by atoms with Gasteiger partial charge in [-0.15, -0.1) is 12.4 Å². The summed E-state index contributed by atoms with van der Waals surface area (Å²) in [7, 11) is 5.05. The Balaban J connectivity index is 0.00000306. The summed E-state index contributed by atoms with van der Waals surface area (Å²) in [5.41, 5.74) is 7.78. The van der Waals surface area contributed by atoms with Crippen LogP contribution in [0, 0.1) is 20.8 Å². The van der Waals surface area contributed by atoms with Gasteiger partial charge in [0.05, 0.1) is 25.6 Å². The number of ether oxygens (including phenoxy) is 2. The molecule has 2 unspecified atom stereocenters. The topological polar surface area (TPSA) is 57.8 Å². The first-order chi connectivity index (χ1) is 15.2. The molecule has 0 aliphatic carbocycles. The fourth-order valence-electron chi connectivity index (χ4n) is 4.80. The van der Waals surface area contributed by atoms with E-state index in [1.54, 1.807) is 25.8 Å². The van der Waals surface area contributed by atoms with Crippen LogP contribution < -0.4 is 20.7 Å². The van der Waals surface area contributed by atoms with Gasteiger partial charge in [-0.2, -0.15) is 0 Å². The Labute approximate surface area is 200 Å². The first-order valence-corrected chi connectivity index (χ1v) is 10.9. The molecule has 1 aliphatic rings. The van der Waals surface area contributed by atoms with Crippen LogP contribution >= 0.6 is 12.4 Å². The molecule has 6 nitrogen and oxygen atoms in total. The van der Waals surface area contributed by atoms with Crippen LogP contribution in [-0.2, 0) is 7.05 Å². The maximum Gasteiger partial charge on any atom is 0.330 e. The van der Waals surface area contributed by atoms with Gasteiger partial charge in [-0.05, 0) is 56.5 Å². The van der Waals surface area contributed by atoms with Crippen LogP contribution in [0.1, 0.15) is 48.1 Å². The second kappa shape index (κ2) is 9.10. The molecule has 0 saturated carbocycles. The summed E-state index contributed by atoms with van der Waals surface area (Å²) in [5, 5.41) is 0. The average Bonchev–Trinajstić information content (AvgIpc) is 2.76. The molecule has 2 heterocycles. The van der Waals surface area contributed by atoms with Crippen molar-refractivity contribution in [2.24, 2.45) is 12.0 Å². The molecule has 3 aromatic rings. The normalized spacial score (nSPS) is 17.2. The smallest absolute Gasteiger partial charge is 0.330 e.